The van der Waals surface area contributed by atoms with Gasteiger partial charge in [0, 0.05) is 17.8 Å². The van der Waals surface area contributed by atoms with Gasteiger partial charge in [0.05, 0.1) is 18.8 Å². The lowest BCUT2D eigenvalue weighted by atomic mass is 9.90. The van der Waals surface area contributed by atoms with E-state index in [-0.39, 0.29) is 12.0 Å². The number of carbonyl (C=O) groups is 1. The Labute approximate surface area is 154 Å². The van der Waals surface area contributed by atoms with Crippen LogP contribution in [0.25, 0.3) is 0 Å². The number of ether oxygens (including phenoxy) is 1. The minimum absolute atomic E-state index is 0.0918. The van der Waals surface area contributed by atoms with Crippen LogP contribution in [0.1, 0.15) is 57.6 Å². The molecule has 136 valence electrons. The molecule has 1 aromatic carbocycles. The van der Waals surface area contributed by atoms with E-state index in [1.165, 1.54) is 24.0 Å². The first-order valence-electron chi connectivity index (χ1n) is 9.45. The maximum absolute atomic E-state index is 13.0. The van der Waals surface area contributed by atoms with Crippen LogP contribution in [0.3, 0.4) is 0 Å². The second-order valence-electron chi connectivity index (χ2n) is 7.28. The van der Waals surface area contributed by atoms with Gasteiger partial charge in [0.2, 0.25) is 0 Å². The Bertz CT molecular complexity index is 814. The third kappa shape index (κ3) is 3.49. The molecule has 4 rings (SSSR count). The highest BCUT2D eigenvalue weighted by atomic mass is 16.5. The first kappa shape index (κ1) is 17.2. The second kappa shape index (κ2) is 7.16. The summed E-state index contributed by atoms with van der Waals surface area (Å²) in [5, 5.41) is 0. The van der Waals surface area contributed by atoms with Crippen LogP contribution in [0.2, 0.25) is 0 Å². The quantitative estimate of drug-likeness (QED) is 0.834. The molecular formula is C21H25N3O2. The van der Waals surface area contributed by atoms with Gasteiger partial charge in [0.1, 0.15) is 11.9 Å². The molecule has 2 aromatic rings. The smallest absolute Gasteiger partial charge is 0.254 e. The van der Waals surface area contributed by atoms with Gasteiger partial charge >= 0.3 is 0 Å². The van der Waals surface area contributed by atoms with Crippen molar-refractivity contribution in [2.45, 2.75) is 45.6 Å². The number of benzene rings is 1. The van der Waals surface area contributed by atoms with Gasteiger partial charge in [-0.1, -0.05) is 6.07 Å². The molecule has 0 saturated carbocycles. The summed E-state index contributed by atoms with van der Waals surface area (Å²) in [4.78, 5) is 23.8. The summed E-state index contributed by atoms with van der Waals surface area (Å²) in [5.41, 5.74) is 5.32. The van der Waals surface area contributed by atoms with Crippen molar-refractivity contribution < 1.29 is 9.53 Å². The van der Waals surface area contributed by atoms with Gasteiger partial charge in [-0.25, -0.2) is 9.97 Å². The lowest BCUT2D eigenvalue weighted by Crippen LogP contribution is -2.42. The summed E-state index contributed by atoms with van der Waals surface area (Å²) in [5.74, 6) is 0.830. The minimum Gasteiger partial charge on any atom is -0.368 e. The van der Waals surface area contributed by atoms with Crippen molar-refractivity contribution in [1.82, 2.24) is 14.9 Å². The van der Waals surface area contributed by atoms with Crippen molar-refractivity contribution in [2.75, 3.05) is 19.7 Å². The van der Waals surface area contributed by atoms with Crippen LogP contribution in [-0.4, -0.2) is 40.5 Å². The van der Waals surface area contributed by atoms with Gasteiger partial charge in [-0.2, -0.15) is 0 Å². The van der Waals surface area contributed by atoms with Crippen LogP contribution in [0, 0.1) is 13.8 Å². The molecule has 0 N–H and O–H groups in total. The van der Waals surface area contributed by atoms with Crippen LogP contribution in [0.4, 0.5) is 0 Å². The highest BCUT2D eigenvalue weighted by molar-refractivity contribution is 5.94. The van der Waals surface area contributed by atoms with Gasteiger partial charge in [-0.15, -0.1) is 0 Å². The number of carbonyl (C=O) groups excluding carboxylic acids is 1. The first-order valence-corrected chi connectivity index (χ1v) is 9.45. The topological polar surface area (TPSA) is 55.3 Å². The molecule has 1 amide bonds. The molecule has 1 aliphatic heterocycles. The predicted molar refractivity (Wildman–Crippen MR) is 99.2 cm³/mol. The predicted octanol–water partition coefficient (Wildman–Crippen LogP) is 3.19. The number of amides is 1. The van der Waals surface area contributed by atoms with Crippen molar-refractivity contribution in [1.29, 1.82) is 0 Å². The molecule has 1 saturated heterocycles. The maximum atomic E-state index is 13.0. The van der Waals surface area contributed by atoms with E-state index in [4.69, 9.17) is 4.74 Å². The second-order valence-corrected chi connectivity index (χ2v) is 7.28. The normalized spacial score (nSPS) is 19.9. The van der Waals surface area contributed by atoms with Crippen molar-refractivity contribution in [3.05, 3.63) is 58.2 Å². The molecule has 0 radical (unpaired) electrons. The molecule has 1 atom stereocenters. The number of hydrogen-bond acceptors (Lipinski definition) is 4. The Kier molecular flexibility index (Phi) is 4.72. The van der Waals surface area contributed by atoms with Crippen LogP contribution < -0.4 is 0 Å². The summed E-state index contributed by atoms with van der Waals surface area (Å²) < 4.78 is 5.90. The largest absolute Gasteiger partial charge is 0.368 e. The lowest BCUT2D eigenvalue weighted by molar-refractivity contribution is -0.0248. The first-order chi connectivity index (χ1) is 12.6. The Morgan fingerprint density at radius 1 is 1.12 bits per heavy atom. The zero-order chi connectivity index (χ0) is 18.1. The molecule has 2 heterocycles. The third-order valence-corrected chi connectivity index (χ3v) is 5.26. The van der Waals surface area contributed by atoms with Gasteiger partial charge in [-0.3, -0.25) is 4.79 Å². The summed E-state index contributed by atoms with van der Waals surface area (Å²) in [6.45, 7) is 5.52. The highest BCUT2D eigenvalue weighted by Gasteiger charge is 2.27. The maximum Gasteiger partial charge on any atom is 0.254 e. The summed E-state index contributed by atoms with van der Waals surface area (Å²) >= 11 is 0. The summed E-state index contributed by atoms with van der Waals surface area (Å²) in [7, 11) is 0. The molecule has 2 aliphatic rings. The summed E-state index contributed by atoms with van der Waals surface area (Å²) in [6, 6.07) is 8.16. The average molecular weight is 351 g/mol. The minimum atomic E-state index is -0.189. The van der Waals surface area contributed by atoms with Crippen molar-refractivity contribution in [2.24, 2.45) is 0 Å². The molecule has 0 spiro atoms. The van der Waals surface area contributed by atoms with Crippen LogP contribution >= 0.6 is 0 Å². The van der Waals surface area contributed by atoms with Gasteiger partial charge in [-0.05, 0) is 68.9 Å². The zero-order valence-corrected chi connectivity index (χ0v) is 15.5. The van der Waals surface area contributed by atoms with E-state index in [1.807, 2.05) is 30.9 Å². The molecular weight excluding hydrogens is 326 g/mol. The molecule has 0 bridgehead atoms. The monoisotopic (exact) mass is 351 g/mol. The van der Waals surface area contributed by atoms with Gasteiger partial charge in [0.25, 0.3) is 5.91 Å². The molecule has 26 heavy (non-hydrogen) atoms. The van der Waals surface area contributed by atoms with Crippen LogP contribution in [0.15, 0.2) is 24.3 Å². The molecule has 1 aromatic heterocycles. The standard InChI is InChI=1S/C21H25N3O2/c1-14-11-19(23-15(2)22-14)20-13-24(9-10-26-20)21(25)18-8-7-16-5-3-4-6-17(16)12-18/h7-8,11-12,20H,3-6,9-10,13H2,1-2H3/t20-/m0/s1. The van der Waals surface area contributed by atoms with E-state index in [0.29, 0.717) is 19.7 Å². The van der Waals surface area contributed by atoms with E-state index >= 15 is 0 Å². The Balaban J connectivity index is 1.53. The zero-order valence-electron chi connectivity index (χ0n) is 15.5. The fourth-order valence-electron chi connectivity index (χ4n) is 3.97. The van der Waals surface area contributed by atoms with Gasteiger partial charge in [0.15, 0.2) is 0 Å². The fourth-order valence-corrected chi connectivity index (χ4v) is 3.97. The number of hydrogen-bond donors (Lipinski definition) is 0. The number of rotatable bonds is 2. The van der Waals surface area contributed by atoms with E-state index < -0.39 is 0 Å². The number of aryl methyl sites for hydroxylation is 4. The Morgan fingerprint density at radius 2 is 1.92 bits per heavy atom. The van der Waals surface area contributed by atoms with E-state index in [2.05, 4.69) is 22.1 Å². The fraction of sp³-hybridized carbons (Fsp3) is 0.476. The average Bonchev–Trinajstić information content (AvgIpc) is 2.66. The van der Waals surface area contributed by atoms with Crippen molar-refractivity contribution >= 4 is 5.91 Å². The van der Waals surface area contributed by atoms with Crippen molar-refractivity contribution in [3.63, 3.8) is 0 Å². The molecule has 1 fully saturated rings. The third-order valence-electron chi connectivity index (χ3n) is 5.26. The molecule has 5 heteroatoms. The van der Waals surface area contributed by atoms with Crippen LogP contribution in [0.5, 0.6) is 0 Å². The Hall–Kier alpha value is -2.27. The van der Waals surface area contributed by atoms with E-state index in [1.54, 1.807) is 0 Å². The summed E-state index contributed by atoms with van der Waals surface area (Å²) in [6.07, 6.45) is 4.50. The Morgan fingerprint density at radius 3 is 2.73 bits per heavy atom. The number of aromatic nitrogens is 2. The number of morpholine rings is 1. The SMILES string of the molecule is Cc1cc([C@@H]2CN(C(=O)c3ccc4c(c3)CCCC4)CCO2)nc(C)n1. The van der Waals surface area contributed by atoms with Gasteiger partial charge < -0.3 is 9.64 Å². The lowest BCUT2D eigenvalue weighted by Gasteiger charge is -2.33. The van der Waals surface area contributed by atoms with Crippen LogP contribution in [-0.2, 0) is 17.6 Å². The molecule has 1 aliphatic carbocycles. The number of nitrogens with zero attached hydrogens (tertiary/aromatic N) is 3. The van der Waals surface area contributed by atoms with E-state index in [0.717, 1.165) is 35.6 Å². The van der Waals surface area contributed by atoms with E-state index in [9.17, 15) is 4.79 Å². The highest BCUT2D eigenvalue weighted by Crippen LogP contribution is 2.25. The molecule has 5 nitrogen and oxygen atoms in total. The van der Waals surface area contributed by atoms with Crippen molar-refractivity contribution in [3.8, 4) is 0 Å². The molecule has 0 unspecified atom stereocenters. The number of fused-ring (bicyclic) bond motifs is 1.